The van der Waals surface area contributed by atoms with Gasteiger partial charge in [-0.3, -0.25) is 0 Å². The van der Waals surface area contributed by atoms with Gasteiger partial charge >= 0.3 is 0 Å². The molecule has 0 unspecified atom stereocenters. The van der Waals surface area contributed by atoms with Gasteiger partial charge in [-0.05, 0) is 65.2 Å². The summed E-state index contributed by atoms with van der Waals surface area (Å²) in [6.45, 7) is 4.66. The number of hydrogen-bond donors (Lipinski definition) is 0. The first-order chi connectivity index (χ1) is 20.1. The fraction of sp³-hybridized carbons (Fsp3) is 0.0811. The summed E-state index contributed by atoms with van der Waals surface area (Å²) in [7, 11) is 0. The number of anilines is 3. The van der Waals surface area contributed by atoms with Crippen molar-refractivity contribution in [3.63, 3.8) is 0 Å². The number of fused-ring (bicyclic) bond motifs is 5. The molecule has 0 N–H and O–H groups in total. The summed E-state index contributed by atoms with van der Waals surface area (Å²) in [6, 6.07) is 41.9. The molecule has 0 radical (unpaired) electrons. The summed E-state index contributed by atoms with van der Waals surface area (Å²) in [6.07, 6.45) is 5.26. The predicted molar refractivity (Wildman–Crippen MR) is 169 cm³/mol. The van der Waals surface area contributed by atoms with Crippen molar-refractivity contribution in [1.29, 1.82) is 0 Å². The van der Waals surface area contributed by atoms with Gasteiger partial charge in [-0.1, -0.05) is 80.6 Å². The summed E-state index contributed by atoms with van der Waals surface area (Å²) in [4.78, 5) is 10.8. The molecule has 0 fully saturated rings. The quantitative estimate of drug-likeness (QED) is 0.229. The predicted octanol–water partition coefficient (Wildman–Crippen LogP) is 9.35. The third-order valence-corrected chi connectivity index (χ3v) is 8.57. The first-order valence-corrected chi connectivity index (χ1v) is 14.0. The zero-order chi connectivity index (χ0) is 27.6. The molecule has 1 aliphatic heterocycles. The molecule has 0 spiro atoms. The zero-order valence-corrected chi connectivity index (χ0v) is 23.0. The van der Waals surface area contributed by atoms with Crippen LogP contribution in [0.3, 0.4) is 0 Å². The minimum absolute atomic E-state index is 0.0815. The van der Waals surface area contributed by atoms with E-state index < -0.39 is 0 Å². The second kappa shape index (κ2) is 8.90. The number of benzene rings is 5. The van der Waals surface area contributed by atoms with Crippen molar-refractivity contribution in [3.8, 4) is 16.8 Å². The lowest BCUT2D eigenvalue weighted by atomic mass is 9.73. The van der Waals surface area contributed by atoms with Gasteiger partial charge in [0.1, 0.15) is 6.33 Å². The Morgan fingerprint density at radius 3 is 1.83 bits per heavy atom. The summed E-state index contributed by atoms with van der Waals surface area (Å²) in [5, 5.41) is 2.47. The van der Waals surface area contributed by atoms with Crippen LogP contribution in [0, 0.1) is 0 Å². The highest BCUT2D eigenvalue weighted by atomic mass is 15.2. The van der Waals surface area contributed by atoms with E-state index >= 15 is 0 Å². The SMILES string of the molecule is CC1(C)c2ccccc2N(c2ccc3c(c2)c2ccccc2n3-c2ccc(-c3cncnc3)cc2)c2ccccc21. The van der Waals surface area contributed by atoms with E-state index in [0.717, 1.165) is 22.5 Å². The van der Waals surface area contributed by atoms with Gasteiger partial charge in [-0.25, -0.2) is 9.97 Å². The molecule has 0 aliphatic carbocycles. The molecule has 196 valence electrons. The lowest BCUT2D eigenvalue weighted by Gasteiger charge is -2.42. The van der Waals surface area contributed by atoms with Crippen LogP contribution < -0.4 is 4.90 Å². The van der Waals surface area contributed by atoms with Crippen LogP contribution in [0.4, 0.5) is 17.1 Å². The molecule has 7 aromatic rings. The van der Waals surface area contributed by atoms with Crippen LogP contribution in [-0.4, -0.2) is 14.5 Å². The molecule has 2 aromatic heterocycles. The van der Waals surface area contributed by atoms with E-state index in [1.807, 2.05) is 12.4 Å². The number of aromatic nitrogens is 3. The minimum atomic E-state index is -0.0815. The van der Waals surface area contributed by atoms with Crippen molar-refractivity contribution in [2.24, 2.45) is 0 Å². The fourth-order valence-corrected chi connectivity index (χ4v) is 6.58. The molecular weight excluding hydrogens is 500 g/mol. The van der Waals surface area contributed by atoms with Gasteiger partial charge in [0.2, 0.25) is 0 Å². The Balaban J connectivity index is 1.32. The average molecular weight is 529 g/mol. The Hall–Kier alpha value is -5.22. The van der Waals surface area contributed by atoms with Gasteiger partial charge in [-0.15, -0.1) is 0 Å². The number of para-hydroxylation sites is 3. The summed E-state index contributed by atoms with van der Waals surface area (Å²) in [5.74, 6) is 0. The number of hydrogen-bond acceptors (Lipinski definition) is 3. The fourth-order valence-electron chi connectivity index (χ4n) is 6.58. The van der Waals surface area contributed by atoms with Crippen molar-refractivity contribution in [2.75, 3.05) is 4.90 Å². The molecule has 8 rings (SSSR count). The van der Waals surface area contributed by atoms with E-state index in [0.29, 0.717) is 0 Å². The van der Waals surface area contributed by atoms with Crippen molar-refractivity contribution in [3.05, 3.63) is 145 Å². The second-order valence-corrected chi connectivity index (χ2v) is 11.2. The molecule has 1 aliphatic rings. The molecule has 0 saturated heterocycles. The van der Waals surface area contributed by atoms with Crippen molar-refractivity contribution < 1.29 is 0 Å². The largest absolute Gasteiger partial charge is 0.310 e. The molecule has 4 heteroatoms. The highest BCUT2D eigenvalue weighted by Crippen LogP contribution is 2.52. The Bertz CT molecular complexity index is 2020. The van der Waals surface area contributed by atoms with E-state index in [-0.39, 0.29) is 5.41 Å². The maximum atomic E-state index is 4.18. The van der Waals surface area contributed by atoms with E-state index in [4.69, 9.17) is 0 Å². The van der Waals surface area contributed by atoms with E-state index in [9.17, 15) is 0 Å². The molecule has 41 heavy (non-hydrogen) atoms. The Labute approximate surface area is 239 Å². The van der Waals surface area contributed by atoms with Gasteiger partial charge in [0.15, 0.2) is 0 Å². The van der Waals surface area contributed by atoms with Crippen LogP contribution in [0.25, 0.3) is 38.6 Å². The lowest BCUT2D eigenvalue weighted by Crippen LogP contribution is -2.30. The maximum absolute atomic E-state index is 4.18. The van der Waals surface area contributed by atoms with Gasteiger partial charge in [-0.2, -0.15) is 0 Å². The Kier molecular flexibility index (Phi) is 5.13. The van der Waals surface area contributed by atoms with Crippen molar-refractivity contribution in [1.82, 2.24) is 14.5 Å². The summed E-state index contributed by atoms with van der Waals surface area (Å²) < 4.78 is 2.36. The zero-order valence-electron chi connectivity index (χ0n) is 23.0. The lowest BCUT2D eigenvalue weighted by molar-refractivity contribution is 0.632. The van der Waals surface area contributed by atoms with Crippen LogP contribution in [0.5, 0.6) is 0 Å². The first kappa shape index (κ1) is 23.6. The van der Waals surface area contributed by atoms with Crippen LogP contribution in [-0.2, 0) is 5.41 Å². The monoisotopic (exact) mass is 528 g/mol. The highest BCUT2D eigenvalue weighted by molar-refractivity contribution is 6.10. The average Bonchev–Trinajstić information content (AvgIpc) is 3.36. The third kappa shape index (κ3) is 3.54. The molecule has 0 bridgehead atoms. The molecule has 0 atom stereocenters. The van der Waals surface area contributed by atoms with Gasteiger partial charge in [0, 0.05) is 45.5 Å². The second-order valence-electron chi connectivity index (χ2n) is 11.2. The van der Waals surface area contributed by atoms with Crippen molar-refractivity contribution >= 4 is 38.9 Å². The molecule has 0 saturated carbocycles. The first-order valence-electron chi connectivity index (χ1n) is 14.0. The maximum Gasteiger partial charge on any atom is 0.115 e. The van der Waals surface area contributed by atoms with Crippen LogP contribution in [0.15, 0.2) is 134 Å². The third-order valence-electron chi connectivity index (χ3n) is 8.57. The van der Waals surface area contributed by atoms with Gasteiger partial charge in [0.25, 0.3) is 0 Å². The molecule has 4 nitrogen and oxygen atoms in total. The topological polar surface area (TPSA) is 34.0 Å². The van der Waals surface area contributed by atoms with E-state index in [1.165, 1.54) is 44.3 Å². The van der Waals surface area contributed by atoms with E-state index in [1.54, 1.807) is 6.33 Å². The van der Waals surface area contributed by atoms with Crippen LogP contribution in [0.2, 0.25) is 0 Å². The number of nitrogens with zero attached hydrogens (tertiary/aromatic N) is 4. The highest BCUT2D eigenvalue weighted by Gasteiger charge is 2.36. The van der Waals surface area contributed by atoms with Crippen LogP contribution >= 0.6 is 0 Å². The Morgan fingerprint density at radius 2 is 1.12 bits per heavy atom. The molecular formula is C37H28N4. The molecule has 3 heterocycles. The van der Waals surface area contributed by atoms with E-state index in [2.05, 4.69) is 149 Å². The van der Waals surface area contributed by atoms with Crippen molar-refractivity contribution in [2.45, 2.75) is 19.3 Å². The number of rotatable bonds is 3. The summed E-state index contributed by atoms with van der Waals surface area (Å²) in [5.41, 5.74) is 11.8. The van der Waals surface area contributed by atoms with Gasteiger partial charge in [0.05, 0.1) is 22.4 Å². The Morgan fingerprint density at radius 1 is 0.537 bits per heavy atom. The normalized spacial score (nSPS) is 13.8. The van der Waals surface area contributed by atoms with Crippen LogP contribution in [0.1, 0.15) is 25.0 Å². The minimum Gasteiger partial charge on any atom is -0.310 e. The molecule has 0 amide bonds. The summed E-state index contributed by atoms with van der Waals surface area (Å²) >= 11 is 0. The molecule has 5 aromatic carbocycles. The van der Waals surface area contributed by atoms with Gasteiger partial charge < -0.3 is 9.47 Å². The smallest absolute Gasteiger partial charge is 0.115 e. The standard InChI is InChI=1S/C37H28N4/c1-37(2)31-10-4-7-13-35(31)41(36-14-8-5-11-32(36)37)28-19-20-34-30(21-28)29-9-3-6-12-33(29)40(34)27-17-15-25(16-18-27)26-22-38-24-39-23-26/h3-24H,1-2H3.